The number of aryl methyl sites for hydroxylation is 2. The molecule has 6 heteroatoms. The predicted molar refractivity (Wildman–Crippen MR) is 112 cm³/mol. The fourth-order valence-corrected chi connectivity index (χ4v) is 4.37. The molecule has 2 aromatic carbocycles. The SMILES string of the molecule is Cc1ccc(C2=C(SCc3ccco3)C(=O)N(c3cccc(F)c3)C2=O)c(C)c1. The molecule has 146 valence electrons. The number of imide groups is 1. The van der Waals surface area contributed by atoms with Crippen molar-refractivity contribution in [1.82, 2.24) is 0 Å². The Kier molecular flexibility index (Phi) is 5.11. The van der Waals surface area contributed by atoms with Gasteiger partial charge in [0.2, 0.25) is 0 Å². The third kappa shape index (κ3) is 3.63. The average molecular weight is 407 g/mol. The zero-order chi connectivity index (χ0) is 20.5. The topological polar surface area (TPSA) is 50.5 Å². The van der Waals surface area contributed by atoms with Gasteiger partial charge in [0, 0.05) is 0 Å². The summed E-state index contributed by atoms with van der Waals surface area (Å²) in [7, 11) is 0. The molecule has 1 aliphatic heterocycles. The Morgan fingerprint density at radius 2 is 1.83 bits per heavy atom. The van der Waals surface area contributed by atoms with E-state index in [9.17, 15) is 14.0 Å². The van der Waals surface area contributed by atoms with Gasteiger partial charge in [-0.1, -0.05) is 29.8 Å². The molecule has 0 radical (unpaired) electrons. The number of benzene rings is 2. The average Bonchev–Trinajstić information content (AvgIpc) is 3.27. The van der Waals surface area contributed by atoms with Crippen LogP contribution in [0.1, 0.15) is 22.5 Å². The van der Waals surface area contributed by atoms with Crippen LogP contribution in [0.5, 0.6) is 0 Å². The maximum Gasteiger partial charge on any atom is 0.272 e. The highest BCUT2D eigenvalue weighted by Gasteiger charge is 2.40. The molecule has 0 spiro atoms. The molecule has 0 N–H and O–H groups in total. The number of carbonyl (C=O) groups is 2. The van der Waals surface area contributed by atoms with Crippen LogP contribution in [0.3, 0.4) is 0 Å². The fourth-order valence-electron chi connectivity index (χ4n) is 3.36. The lowest BCUT2D eigenvalue weighted by atomic mass is 9.99. The summed E-state index contributed by atoms with van der Waals surface area (Å²) < 4.78 is 19.1. The highest BCUT2D eigenvalue weighted by atomic mass is 32.2. The minimum atomic E-state index is -0.507. The van der Waals surface area contributed by atoms with Crippen molar-refractivity contribution in [2.75, 3.05) is 4.90 Å². The lowest BCUT2D eigenvalue weighted by Gasteiger charge is -2.15. The molecule has 0 saturated heterocycles. The van der Waals surface area contributed by atoms with E-state index in [0.29, 0.717) is 27.6 Å². The van der Waals surface area contributed by atoms with Crippen molar-refractivity contribution in [2.24, 2.45) is 0 Å². The van der Waals surface area contributed by atoms with Crippen LogP contribution in [-0.2, 0) is 15.3 Å². The van der Waals surface area contributed by atoms with Crippen LogP contribution < -0.4 is 4.90 Å². The van der Waals surface area contributed by atoms with E-state index < -0.39 is 17.6 Å². The minimum Gasteiger partial charge on any atom is -0.468 e. The zero-order valence-corrected chi connectivity index (χ0v) is 16.8. The summed E-state index contributed by atoms with van der Waals surface area (Å²) in [5.74, 6) is -0.298. The van der Waals surface area contributed by atoms with Gasteiger partial charge < -0.3 is 4.42 Å². The summed E-state index contributed by atoms with van der Waals surface area (Å²) in [4.78, 5) is 27.9. The van der Waals surface area contributed by atoms with Crippen LogP contribution in [-0.4, -0.2) is 11.8 Å². The lowest BCUT2D eigenvalue weighted by Crippen LogP contribution is -2.31. The second kappa shape index (κ2) is 7.72. The molecule has 4 rings (SSSR count). The molecule has 0 saturated carbocycles. The molecule has 1 aromatic heterocycles. The van der Waals surface area contributed by atoms with E-state index in [0.717, 1.165) is 16.0 Å². The van der Waals surface area contributed by atoms with Gasteiger partial charge in [-0.25, -0.2) is 9.29 Å². The van der Waals surface area contributed by atoms with Gasteiger partial charge in [-0.2, -0.15) is 0 Å². The summed E-state index contributed by atoms with van der Waals surface area (Å²) >= 11 is 1.25. The number of hydrogen-bond donors (Lipinski definition) is 0. The molecule has 0 bridgehead atoms. The van der Waals surface area contributed by atoms with Gasteiger partial charge in [-0.3, -0.25) is 9.59 Å². The molecule has 1 aliphatic rings. The molecule has 0 unspecified atom stereocenters. The van der Waals surface area contributed by atoms with E-state index in [2.05, 4.69) is 0 Å². The van der Waals surface area contributed by atoms with Gasteiger partial charge in [-0.15, -0.1) is 11.8 Å². The van der Waals surface area contributed by atoms with Gasteiger partial charge in [0.05, 0.1) is 28.2 Å². The van der Waals surface area contributed by atoms with Crippen LogP contribution in [0.4, 0.5) is 10.1 Å². The van der Waals surface area contributed by atoms with Gasteiger partial charge >= 0.3 is 0 Å². The predicted octanol–water partition coefficient (Wildman–Crippen LogP) is 5.25. The first kappa shape index (κ1) is 19.2. The molecule has 0 fully saturated rings. The van der Waals surface area contributed by atoms with E-state index in [1.165, 1.54) is 30.0 Å². The number of furan rings is 1. The molecule has 0 aliphatic carbocycles. The van der Waals surface area contributed by atoms with E-state index in [1.54, 1.807) is 18.4 Å². The van der Waals surface area contributed by atoms with Gasteiger partial charge in [-0.05, 0) is 55.3 Å². The summed E-state index contributed by atoms with van der Waals surface area (Å²) in [6, 6.07) is 14.8. The summed E-state index contributed by atoms with van der Waals surface area (Å²) in [5.41, 5.74) is 3.23. The van der Waals surface area contributed by atoms with Crippen molar-refractivity contribution in [2.45, 2.75) is 19.6 Å². The van der Waals surface area contributed by atoms with Crippen LogP contribution in [0.25, 0.3) is 5.57 Å². The number of anilines is 1. The van der Waals surface area contributed by atoms with E-state index in [-0.39, 0.29) is 5.69 Å². The Morgan fingerprint density at radius 1 is 1.00 bits per heavy atom. The highest BCUT2D eigenvalue weighted by molar-refractivity contribution is 8.03. The van der Waals surface area contributed by atoms with E-state index >= 15 is 0 Å². The largest absolute Gasteiger partial charge is 0.468 e. The molecule has 4 nitrogen and oxygen atoms in total. The van der Waals surface area contributed by atoms with Crippen molar-refractivity contribution in [3.05, 3.63) is 94.0 Å². The normalized spacial score (nSPS) is 14.2. The number of amides is 2. The lowest BCUT2D eigenvalue weighted by molar-refractivity contribution is -0.119. The molecule has 2 heterocycles. The maximum absolute atomic E-state index is 13.8. The Labute approximate surface area is 172 Å². The molecular formula is C23H18FNO3S. The number of carbonyl (C=O) groups excluding carboxylic acids is 2. The number of rotatable bonds is 5. The second-order valence-electron chi connectivity index (χ2n) is 6.82. The van der Waals surface area contributed by atoms with Gasteiger partial charge in [0.1, 0.15) is 11.6 Å². The molecule has 29 heavy (non-hydrogen) atoms. The third-order valence-electron chi connectivity index (χ3n) is 4.70. The summed E-state index contributed by atoms with van der Waals surface area (Å²) in [5, 5.41) is 0. The van der Waals surface area contributed by atoms with E-state index in [1.807, 2.05) is 38.1 Å². The number of halogens is 1. The van der Waals surface area contributed by atoms with Crippen molar-refractivity contribution >= 4 is 34.8 Å². The Balaban J connectivity index is 1.80. The third-order valence-corrected chi connectivity index (χ3v) is 5.79. The van der Waals surface area contributed by atoms with Crippen molar-refractivity contribution in [3.63, 3.8) is 0 Å². The highest BCUT2D eigenvalue weighted by Crippen LogP contribution is 2.40. The quantitative estimate of drug-likeness (QED) is 0.542. The summed E-state index contributed by atoms with van der Waals surface area (Å²) in [6.45, 7) is 3.88. The number of hydrogen-bond acceptors (Lipinski definition) is 4. The van der Waals surface area contributed by atoms with Crippen molar-refractivity contribution in [3.8, 4) is 0 Å². The fraction of sp³-hybridized carbons (Fsp3) is 0.130. The van der Waals surface area contributed by atoms with Crippen LogP contribution in [0, 0.1) is 19.7 Å². The first-order chi connectivity index (χ1) is 14.0. The minimum absolute atomic E-state index is 0.218. The van der Waals surface area contributed by atoms with Crippen molar-refractivity contribution in [1.29, 1.82) is 0 Å². The van der Waals surface area contributed by atoms with Gasteiger partial charge in [0.25, 0.3) is 11.8 Å². The van der Waals surface area contributed by atoms with Crippen LogP contribution in [0.15, 0.2) is 70.2 Å². The Hall–Kier alpha value is -3.12. The molecule has 0 atom stereocenters. The standard InChI is InChI=1S/C23H18FNO3S/c1-14-8-9-19(15(2)11-14)20-21(29-13-18-7-4-10-28-18)23(27)25(22(20)26)17-6-3-5-16(24)12-17/h3-12H,13H2,1-2H3. The maximum atomic E-state index is 13.8. The van der Waals surface area contributed by atoms with Gasteiger partial charge in [0.15, 0.2) is 0 Å². The monoisotopic (exact) mass is 407 g/mol. The second-order valence-corrected chi connectivity index (χ2v) is 7.80. The summed E-state index contributed by atoms with van der Waals surface area (Å²) in [6.07, 6.45) is 1.57. The Bertz CT molecular complexity index is 1130. The van der Waals surface area contributed by atoms with E-state index in [4.69, 9.17) is 4.42 Å². The first-order valence-corrected chi connectivity index (χ1v) is 10.1. The Morgan fingerprint density at radius 3 is 2.52 bits per heavy atom. The molecular weight excluding hydrogens is 389 g/mol. The molecule has 2 amide bonds. The zero-order valence-electron chi connectivity index (χ0n) is 15.9. The molecule has 3 aromatic rings. The van der Waals surface area contributed by atoms with Crippen molar-refractivity contribution < 1.29 is 18.4 Å². The number of thioether (sulfide) groups is 1. The first-order valence-electron chi connectivity index (χ1n) is 9.07. The smallest absolute Gasteiger partial charge is 0.272 e. The van der Waals surface area contributed by atoms with Crippen LogP contribution in [0.2, 0.25) is 0 Å². The number of nitrogens with zero attached hydrogens (tertiary/aromatic N) is 1. The van der Waals surface area contributed by atoms with Crippen LogP contribution >= 0.6 is 11.8 Å².